The number of ether oxygens (including phenoxy) is 1. The third-order valence-electron chi connectivity index (χ3n) is 5.58. The number of nitrogens with one attached hydrogen (secondary N) is 1. The average molecular weight is 487 g/mol. The molecule has 0 bridgehead atoms. The van der Waals surface area contributed by atoms with Crippen molar-refractivity contribution in [3.05, 3.63) is 65.2 Å². The lowest BCUT2D eigenvalue weighted by molar-refractivity contribution is -0.149. The summed E-state index contributed by atoms with van der Waals surface area (Å²) in [4.78, 5) is 38.9. The lowest BCUT2D eigenvalue weighted by atomic mass is 9.97. The molecular formula is C25H30N2O6S. The summed E-state index contributed by atoms with van der Waals surface area (Å²) in [5, 5.41) is 2.59. The molecule has 1 saturated heterocycles. The second-order valence-corrected chi connectivity index (χ2v) is 10.6. The topological polar surface area (TPSA) is 110 Å². The molecule has 0 aromatic heterocycles. The first-order valence-electron chi connectivity index (χ1n) is 11.3. The van der Waals surface area contributed by atoms with Gasteiger partial charge in [0.1, 0.15) is 5.75 Å². The van der Waals surface area contributed by atoms with E-state index < -0.39 is 21.5 Å². The van der Waals surface area contributed by atoms with Crippen molar-refractivity contribution in [3.63, 3.8) is 0 Å². The Bertz CT molecular complexity index is 1140. The van der Waals surface area contributed by atoms with Crippen LogP contribution in [0, 0.1) is 12.8 Å². The van der Waals surface area contributed by atoms with Crippen LogP contribution in [0.15, 0.2) is 48.5 Å². The number of aryl methyl sites for hydroxylation is 1. The van der Waals surface area contributed by atoms with Gasteiger partial charge in [0.15, 0.2) is 9.84 Å². The summed E-state index contributed by atoms with van der Waals surface area (Å²) < 4.78 is 30.3. The van der Waals surface area contributed by atoms with Crippen LogP contribution in [0.4, 0.5) is 5.69 Å². The predicted molar refractivity (Wildman–Crippen MR) is 129 cm³/mol. The molecule has 1 atom stereocenters. The van der Waals surface area contributed by atoms with E-state index in [9.17, 15) is 22.8 Å². The van der Waals surface area contributed by atoms with E-state index in [4.69, 9.17) is 4.74 Å². The fourth-order valence-corrected chi connectivity index (χ4v) is 5.19. The molecule has 3 rings (SSSR count). The molecule has 1 aliphatic heterocycles. The van der Waals surface area contributed by atoms with Gasteiger partial charge in [-0.25, -0.2) is 8.42 Å². The van der Waals surface area contributed by atoms with E-state index in [1.807, 2.05) is 19.1 Å². The van der Waals surface area contributed by atoms with Crippen molar-refractivity contribution in [2.45, 2.75) is 32.4 Å². The summed E-state index contributed by atoms with van der Waals surface area (Å²) >= 11 is 0. The standard InChI is InChI=1S/C25H30N2O6S/c1-3-33-25(30)21-8-5-13-27(15-21)24(29)20-7-4-6-19(14-20)16-34(31,32)17-23(28)26-22-11-9-18(2)10-12-22/h4,6-7,9-12,14,21H,3,5,8,13,15-17H2,1-2H3,(H,26,28). The van der Waals surface area contributed by atoms with E-state index in [0.29, 0.717) is 42.8 Å². The van der Waals surface area contributed by atoms with E-state index in [1.54, 1.807) is 42.2 Å². The van der Waals surface area contributed by atoms with Crippen LogP contribution in [-0.2, 0) is 29.9 Å². The van der Waals surface area contributed by atoms with Crippen molar-refractivity contribution >= 4 is 33.3 Å². The van der Waals surface area contributed by atoms with Crippen LogP contribution in [0.3, 0.4) is 0 Å². The van der Waals surface area contributed by atoms with Gasteiger partial charge in [0.05, 0.1) is 18.3 Å². The Morgan fingerprint density at radius 2 is 1.85 bits per heavy atom. The number of nitrogens with zero attached hydrogens (tertiary/aromatic N) is 1. The number of benzene rings is 2. The Kier molecular flexibility index (Phi) is 8.44. The van der Waals surface area contributed by atoms with E-state index in [1.165, 1.54) is 6.07 Å². The number of amides is 2. The van der Waals surface area contributed by atoms with Gasteiger partial charge in [-0.2, -0.15) is 0 Å². The number of likely N-dealkylation sites (tertiary alicyclic amines) is 1. The summed E-state index contributed by atoms with van der Waals surface area (Å²) in [5.74, 6) is -2.55. The van der Waals surface area contributed by atoms with E-state index in [2.05, 4.69) is 5.32 Å². The zero-order valence-electron chi connectivity index (χ0n) is 19.5. The van der Waals surface area contributed by atoms with Crippen LogP contribution in [0.2, 0.25) is 0 Å². The minimum atomic E-state index is -3.75. The highest BCUT2D eigenvalue weighted by atomic mass is 32.2. The first kappa shape index (κ1) is 25.4. The molecular weight excluding hydrogens is 456 g/mol. The Balaban J connectivity index is 1.62. The van der Waals surface area contributed by atoms with E-state index in [-0.39, 0.29) is 30.1 Å². The van der Waals surface area contributed by atoms with Crippen molar-refractivity contribution < 1.29 is 27.5 Å². The molecule has 1 unspecified atom stereocenters. The van der Waals surface area contributed by atoms with Gasteiger partial charge in [-0.3, -0.25) is 14.4 Å². The van der Waals surface area contributed by atoms with Crippen LogP contribution < -0.4 is 5.32 Å². The van der Waals surface area contributed by atoms with E-state index >= 15 is 0 Å². The van der Waals surface area contributed by atoms with Gasteiger partial charge in [0, 0.05) is 24.3 Å². The Hall–Kier alpha value is -3.20. The van der Waals surface area contributed by atoms with Crippen LogP contribution in [0.1, 0.15) is 41.3 Å². The maximum absolute atomic E-state index is 13.0. The maximum Gasteiger partial charge on any atom is 0.310 e. The van der Waals surface area contributed by atoms with Crippen molar-refractivity contribution in [1.82, 2.24) is 4.90 Å². The molecule has 8 nitrogen and oxygen atoms in total. The van der Waals surface area contributed by atoms with Crippen molar-refractivity contribution in [3.8, 4) is 0 Å². The second kappa shape index (κ2) is 11.3. The van der Waals surface area contributed by atoms with Crippen molar-refractivity contribution in [1.29, 1.82) is 0 Å². The molecule has 2 amide bonds. The SMILES string of the molecule is CCOC(=O)C1CCCN(C(=O)c2cccc(CS(=O)(=O)CC(=O)Nc3ccc(C)cc3)c2)C1. The normalized spacial score (nSPS) is 16.1. The zero-order chi connectivity index (χ0) is 24.7. The highest BCUT2D eigenvalue weighted by Gasteiger charge is 2.30. The molecule has 2 aromatic rings. The molecule has 2 aromatic carbocycles. The quantitative estimate of drug-likeness (QED) is 0.575. The molecule has 0 saturated carbocycles. The van der Waals surface area contributed by atoms with E-state index in [0.717, 1.165) is 5.56 Å². The molecule has 9 heteroatoms. The molecule has 182 valence electrons. The lowest BCUT2D eigenvalue weighted by Crippen LogP contribution is -2.42. The first-order chi connectivity index (χ1) is 16.2. The average Bonchev–Trinajstić information content (AvgIpc) is 2.79. The molecule has 0 aliphatic carbocycles. The third kappa shape index (κ3) is 7.15. The lowest BCUT2D eigenvalue weighted by Gasteiger charge is -2.31. The number of hydrogen-bond donors (Lipinski definition) is 1. The second-order valence-electron chi connectivity index (χ2n) is 8.49. The molecule has 1 aliphatic rings. The number of rotatable bonds is 8. The zero-order valence-corrected chi connectivity index (χ0v) is 20.3. The summed E-state index contributed by atoms with van der Waals surface area (Å²) in [6, 6.07) is 13.5. The van der Waals surface area contributed by atoms with Crippen molar-refractivity contribution in [2.24, 2.45) is 5.92 Å². The number of esters is 1. The van der Waals surface area contributed by atoms with Gasteiger partial charge in [0.25, 0.3) is 5.91 Å². The molecule has 1 fully saturated rings. The monoisotopic (exact) mass is 486 g/mol. The Labute approximate surface area is 200 Å². The molecule has 34 heavy (non-hydrogen) atoms. The van der Waals surface area contributed by atoms with Gasteiger partial charge >= 0.3 is 5.97 Å². The molecule has 1 heterocycles. The smallest absolute Gasteiger partial charge is 0.310 e. The predicted octanol–water partition coefficient (Wildman–Crippen LogP) is 2.96. The van der Waals surface area contributed by atoms with Crippen LogP contribution in [0.25, 0.3) is 0 Å². The van der Waals surface area contributed by atoms with Gasteiger partial charge in [0.2, 0.25) is 5.91 Å². The van der Waals surface area contributed by atoms with Gasteiger partial charge < -0.3 is 15.0 Å². The number of piperidine rings is 1. The van der Waals surface area contributed by atoms with Crippen LogP contribution in [-0.4, -0.2) is 56.6 Å². The van der Waals surface area contributed by atoms with Gasteiger partial charge in [-0.15, -0.1) is 0 Å². The third-order valence-corrected chi connectivity index (χ3v) is 7.05. The number of carbonyl (C=O) groups is 3. The summed E-state index contributed by atoms with van der Waals surface area (Å²) in [5.41, 5.74) is 2.33. The molecule has 0 radical (unpaired) electrons. The Morgan fingerprint density at radius 3 is 2.56 bits per heavy atom. The van der Waals surface area contributed by atoms with Crippen LogP contribution >= 0.6 is 0 Å². The van der Waals surface area contributed by atoms with Crippen LogP contribution in [0.5, 0.6) is 0 Å². The highest BCUT2D eigenvalue weighted by molar-refractivity contribution is 7.91. The number of sulfone groups is 1. The Morgan fingerprint density at radius 1 is 1.12 bits per heavy atom. The molecule has 0 spiro atoms. The summed E-state index contributed by atoms with van der Waals surface area (Å²) in [6.45, 7) is 4.76. The fourth-order valence-electron chi connectivity index (χ4n) is 3.93. The molecule has 1 N–H and O–H groups in total. The van der Waals surface area contributed by atoms with Gasteiger partial charge in [-0.1, -0.05) is 29.8 Å². The number of carbonyl (C=O) groups excluding carboxylic acids is 3. The summed E-state index contributed by atoms with van der Waals surface area (Å²) in [7, 11) is -3.75. The summed E-state index contributed by atoms with van der Waals surface area (Å²) in [6.07, 6.45) is 1.37. The minimum Gasteiger partial charge on any atom is -0.466 e. The maximum atomic E-state index is 13.0. The fraction of sp³-hybridized carbons (Fsp3) is 0.400. The van der Waals surface area contributed by atoms with Gasteiger partial charge in [-0.05, 0) is 56.5 Å². The first-order valence-corrected chi connectivity index (χ1v) is 13.1. The largest absolute Gasteiger partial charge is 0.466 e. The minimum absolute atomic E-state index is 0.259. The number of hydrogen-bond acceptors (Lipinski definition) is 6. The van der Waals surface area contributed by atoms with Crippen molar-refractivity contribution in [2.75, 3.05) is 30.8 Å². The highest BCUT2D eigenvalue weighted by Crippen LogP contribution is 2.21. The number of anilines is 1.